The predicted octanol–water partition coefficient (Wildman–Crippen LogP) is 1.35. The minimum absolute atomic E-state index is 0.0917. The lowest BCUT2D eigenvalue weighted by atomic mass is 10.2. The second-order valence-corrected chi connectivity index (χ2v) is 3.41. The van der Waals surface area contributed by atoms with Gasteiger partial charge in [0.15, 0.2) is 0 Å². The van der Waals surface area contributed by atoms with E-state index in [2.05, 4.69) is 10.1 Å². The molecule has 1 unspecified atom stereocenters. The number of aliphatic imine (C=N–C) groups is 1. The van der Waals surface area contributed by atoms with Crippen LogP contribution in [-0.4, -0.2) is 29.6 Å². The SMILES string of the molecule is CC1=CC(C)=NC(C)N1/N=C\CCN. The molecule has 0 amide bonds. The summed E-state index contributed by atoms with van der Waals surface area (Å²) in [6.45, 7) is 6.70. The van der Waals surface area contributed by atoms with Crippen LogP contribution in [0.25, 0.3) is 0 Å². The van der Waals surface area contributed by atoms with Crippen molar-refractivity contribution in [1.82, 2.24) is 5.01 Å². The molecule has 2 N–H and O–H groups in total. The van der Waals surface area contributed by atoms with Gasteiger partial charge < -0.3 is 5.73 Å². The van der Waals surface area contributed by atoms with E-state index in [9.17, 15) is 0 Å². The summed E-state index contributed by atoms with van der Waals surface area (Å²) in [5.74, 6) is 0. The monoisotopic (exact) mass is 194 g/mol. The van der Waals surface area contributed by atoms with Gasteiger partial charge in [-0.15, -0.1) is 0 Å². The molecular formula is C10H18N4. The predicted molar refractivity (Wildman–Crippen MR) is 60.3 cm³/mol. The zero-order valence-corrected chi connectivity index (χ0v) is 9.07. The molecule has 14 heavy (non-hydrogen) atoms. The van der Waals surface area contributed by atoms with Crippen LogP contribution in [0.2, 0.25) is 0 Å². The highest BCUT2D eigenvalue weighted by Crippen LogP contribution is 2.15. The van der Waals surface area contributed by atoms with E-state index >= 15 is 0 Å². The fourth-order valence-corrected chi connectivity index (χ4v) is 1.46. The number of hydrazone groups is 1. The lowest BCUT2D eigenvalue weighted by Crippen LogP contribution is -2.29. The van der Waals surface area contributed by atoms with E-state index in [1.807, 2.05) is 38.1 Å². The Labute approximate surface area is 85.2 Å². The van der Waals surface area contributed by atoms with Gasteiger partial charge in [0.2, 0.25) is 0 Å². The van der Waals surface area contributed by atoms with E-state index < -0.39 is 0 Å². The molecule has 78 valence electrons. The molecule has 1 aliphatic heterocycles. The molecule has 4 nitrogen and oxygen atoms in total. The highest BCUT2D eigenvalue weighted by Gasteiger charge is 2.15. The molecule has 4 heteroatoms. The average molecular weight is 194 g/mol. The van der Waals surface area contributed by atoms with Crippen LogP contribution in [0.1, 0.15) is 27.2 Å². The summed E-state index contributed by atoms with van der Waals surface area (Å²) in [6.07, 6.45) is 4.76. The molecule has 0 saturated heterocycles. The zero-order chi connectivity index (χ0) is 10.6. The van der Waals surface area contributed by atoms with Gasteiger partial charge in [0.1, 0.15) is 6.17 Å². The van der Waals surface area contributed by atoms with Crippen LogP contribution in [0.15, 0.2) is 21.9 Å². The Balaban J connectivity index is 2.67. The van der Waals surface area contributed by atoms with Crippen molar-refractivity contribution in [3.8, 4) is 0 Å². The fourth-order valence-electron chi connectivity index (χ4n) is 1.46. The lowest BCUT2D eigenvalue weighted by Gasteiger charge is -2.27. The van der Waals surface area contributed by atoms with Crippen molar-refractivity contribution >= 4 is 11.9 Å². The number of rotatable bonds is 3. The Morgan fingerprint density at radius 3 is 2.93 bits per heavy atom. The van der Waals surface area contributed by atoms with Crippen molar-refractivity contribution in [3.05, 3.63) is 11.8 Å². The van der Waals surface area contributed by atoms with Gasteiger partial charge >= 0.3 is 0 Å². The molecule has 1 rings (SSSR count). The molecule has 0 aromatic carbocycles. The van der Waals surface area contributed by atoms with Gasteiger partial charge in [-0.3, -0.25) is 4.99 Å². The molecule has 1 heterocycles. The molecule has 0 spiro atoms. The van der Waals surface area contributed by atoms with E-state index in [-0.39, 0.29) is 6.17 Å². The topological polar surface area (TPSA) is 54.0 Å². The Morgan fingerprint density at radius 2 is 2.36 bits per heavy atom. The van der Waals surface area contributed by atoms with Gasteiger partial charge in [0, 0.05) is 17.6 Å². The molecule has 0 aliphatic carbocycles. The Bertz CT molecular complexity index is 278. The molecule has 0 aromatic rings. The smallest absolute Gasteiger partial charge is 0.139 e. The minimum Gasteiger partial charge on any atom is -0.330 e. The summed E-state index contributed by atoms with van der Waals surface area (Å²) >= 11 is 0. The largest absolute Gasteiger partial charge is 0.330 e. The molecule has 0 radical (unpaired) electrons. The van der Waals surface area contributed by atoms with Crippen LogP contribution in [0.5, 0.6) is 0 Å². The maximum absolute atomic E-state index is 5.38. The van der Waals surface area contributed by atoms with Gasteiger partial charge in [0.05, 0.1) is 0 Å². The van der Waals surface area contributed by atoms with E-state index in [0.29, 0.717) is 6.54 Å². The first-order valence-electron chi connectivity index (χ1n) is 4.89. The van der Waals surface area contributed by atoms with Gasteiger partial charge in [-0.2, -0.15) is 5.10 Å². The highest BCUT2D eigenvalue weighted by molar-refractivity contribution is 5.93. The van der Waals surface area contributed by atoms with Crippen molar-refractivity contribution in [3.63, 3.8) is 0 Å². The third kappa shape index (κ3) is 2.67. The molecule has 0 aromatic heterocycles. The van der Waals surface area contributed by atoms with Crippen LogP contribution in [0.4, 0.5) is 0 Å². The second kappa shape index (κ2) is 4.91. The van der Waals surface area contributed by atoms with Crippen LogP contribution >= 0.6 is 0 Å². The summed E-state index contributed by atoms with van der Waals surface area (Å²) in [7, 11) is 0. The first kappa shape index (κ1) is 10.9. The number of nitrogens with two attached hydrogens (primary N) is 1. The number of allylic oxidation sites excluding steroid dienone is 2. The van der Waals surface area contributed by atoms with Crippen LogP contribution in [0.3, 0.4) is 0 Å². The summed E-state index contributed by atoms with van der Waals surface area (Å²) < 4.78 is 0. The molecule has 1 aliphatic rings. The minimum atomic E-state index is 0.0917. The van der Waals surface area contributed by atoms with Gasteiger partial charge in [-0.25, -0.2) is 5.01 Å². The summed E-state index contributed by atoms with van der Waals surface area (Å²) in [5.41, 5.74) is 7.56. The molecule has 0 bridgehead atoms. The maximum Gasteiger partial charge on any atom is 0.139 e. The Kier molecular flexibility index (Phi) is 3.83. The van der Waals surface area contributed by atoms with Crippen LogP contribution in [0, 0.1) is 0 Å². The van der Waals surface area contributed by atoms with Gasteiger partial charge in [-0.1, -0.05) is 0 Å². The molecule has 1 atom stereocenters. The van der Waals surface area contributed by atoms with Crippen molar-refractivity contribution in [1.29, 1.82) is 0 Å². The van der Waals surface area contributed by atoms with Gasteiger partial charge in [-0.05, 0) is 39.8 Å². The number of hydrogen-bond donors (Lipinski definition) is 1. The average Bonchev–Trinajstić information content (AvgIpc) is 2.09. The first-order chi connectivity index (χ1) is 6.65. The molecule has 0 fully saturated rings. The van der Waals surface area contributed by atoms with Crippen molar-refractivity contribution in [2.75, 3.05) is 6.54 Å². The highest BCUT2D eigenvalue weighted by atomic mass is 15.5. The van der Waals surface area contributed by atoms with E-state index in [1.165, 1.54) is 0 Å². The molecule has 0 saturated carbocycles. The quantitative estimate of drug-likeness (QED) is 0.689. The van der Waals surface area contributed by atoms with E-state index in [1.54, 1.807) is 0 Å². The van der Waals surface area contributed by atoms with Crippen LogP contribution in [-0.2, 0) is 0 Å². The normalized spacial score (nSPS) is 22.6. The Morgan fingerprint density at radius 1 is 1.64 bits per heavy atom. The molecular weight excluding hydrogens is 176 g/mol. The summed E-state index contributed by atoms with van der Waals surface area (Å²) in [5, 5.41) is 6.23. The van der Waals surface area contributed by atoms with Crippen LogP contribution < -0.4 is 5.73 Å². The standard InChI is InChI=1S/C10H18N4/c1-8-7-9(2)14(10(3)13-8)12-6-4-5-11/h6-7,10H,4-5,11H2,1-3H3/b12-6-. The van der Waals surface area contributed by atoms with Crippen molar-refractivity contribution in [2.45, 2.75) is 33.4 Å². The van der Waals surface area contributed by atoms with Crippen molar-refractivity contribution < 1.29 is 0 Å². The third-order valence-corrected chi connectivity index (χ3v) is 2.03. The number of nitrogens with zero attached hydrogens (tertiary/aromatic N) is 3. The zero-order valence-electron chi connectivity index (χ0n) is 9.07. The fraction of sp³-hybridized carbons (Fsp3) is 0.600. The van der Waals surface area contributed by atoms with Gasteiger partial charge in [0.25, 0.3) is 0 Å². The maximum atomic E-state index is 5.38. The second-order valence-electron chi connectivity index (χ2n) is 3.41. The summed E-state index contributed by atoms with van der Waals surface area (Å²) in [6, 6.07) is 0. The van der Waals surface area contributed by atoms with E-state index in [0.717, 1.165) is 17.8 Å². The van der Waals surface area contributed by atoms with E-state index in [4.69, 9.17) is 5.73 Å². The number of hydrogen-bond acceptors (Lipinski definition) is 4. The van der Waals surface area contributed by atoms with Crippen molar-refractivity contribution in [2.24, 2.45) is 15.8 Å². The lowest BCUT2D eigenvalue weighted by molar-refractivity contribution is 0.286. The first-order valence-corrected chi connectivity index (χ1v) is 4.89. The third-order valence-electron chi connectivity index (χ3n) is 2.03. The Hall–Kier alpha value is -1.16. The summed E-state index contributed by atoms with van der Waals surface area (Å²) in [4.78, 5) is 4.41.